The molecular formula is C14H15FN2O. The number of nitrogens with two attached hydrogens (primary N) is 1. The first-order valence-corrected chi connectivity index (χ1v) is 5.79. The van der Waals surface area contributed by atoms with E-state index in [1.54, 1.807) is 12.4 Å². The van der Waals surface area contributed by atoms with Crippen LogP contribution in [0.1, 0.15) is 11.1 Å². The minimum atomic E-state index is -0.304. The van der Waals surface area contributed by atoms with Crippen molar-refractivity contribution in [2.75, 3.05) is 6.54 Å². The molecule has 0 saturated carbocycles. The van der Waals surface area contributed by atoms with Gasteiger partial charge >= 0.3 is 0 Å². The zero-order chi connectivity index (χ0) is 12.8. The smallest absolute Gasteiger partial charge is 0.127 e. The Morgan fingerprint density at radius 1 is 1.22 bits per heavy atom. The maximum atomic E-state index is 13.3. The summed E-state index contributed by atoms with van der Waals surface area (Å²) in [7, 11) is 0. The monoisotopic (exact) mass is 246 g/mol. The Kier molecular flexibility index (Phi) is 4.25. The Labute approximate surface area is 105 Å². The molecular weight excluding hydrogens is 231 g/mol. The van der Waals surface area contributed by atoms with Crippen molar-refractivity contribution >= 4 is 0 Å². The van der Waals surface area contributed by atoms with Crippen LogP contribution in [0.3, 0.4) is 0 Å². The van der Waals surface area contributed by atoms with Crippen molar-refractivity contribution in [2.45, 2.75) is 13.0 Å². The third-order valence-electron chi connectivity index (χ3n) is 2.49. The average molecular weight is 246 g/mol. The van der Waals surface area contributed by atoms with Gasteiger partial charge in [-0.05, 0) is 36.7 Å². The molecule has 94 valence electrons. The lowest BCUT2D eigenvalue weighted by atomic mass is 10.1. The van der Waals surface area contributed by atoms with E-state index in [9.17, 15) is 4.39 Å². The summed E-state index contributed by atoms with van der Waals surface area (Å²) in [6.45, 7) is 0.866. The molecule has 0 fully saturated rings. The first-order chi connectivity index (χ1) is 8.78. The maximum Gasteiger partial charge on any atom is 0.127 e. The van der Waals surface area contributed by atoms with Gasteiger partial charge in [-0.3, -0.25) is 4.98 Å². The molecule has 0 aliphatic carbocycles. The van der Waals surface area contributed by atoms with Crippen LogP contribution in [0.25, 0.3) is 0 Å². The summed E-state index contributed by atoms with van der Waals surface area (Å²) in [6.07, 6.45) is 4.06. The molecule has 0 saturated heterocycles. The molecule has 0 bridgehead atoms. The van der Waals surface area contributed by atoms with Crippen molar-refractivity contribution in [3.8, 4) is 5.75 Å². The van der Waals surface area contributed by atoms with Crippen LogP contribution in [0.4, 0.5) is 4.39 Å². The molecule has 18 heavy (non-hydrogen) atoms. The zero-order valence-electron chi connectivity index (χ0n) is 9.97. The van der Waals surface area contributed by atoms with Gasteiger partial charge < -0.3 is 10.5 Å². The van der Waals surface area contributed by atoms with Crippen molar-refractivity contribution in [1.82, 2.24) is 4.98 Å². The lowest BCUT2D eigenvalue weighted by molar-refractivity contribution is 0.304. The third kappa shape index (κ3) is 3.53. The standard InChI is InChI=1S/C14H15FN2O/c15-13-6-11(3-4-16)7-14(8-13)18-10-12-2-1-5-17-9-12/h1-2,5-9H,3-4,10,16H2. The van der Waals surface area contributed by atoms with Crippen molar-refractivity contribution in [2.24, 2.45) is 5.73 Å². The first-order valence-electron chi connectivity index (χ1n) is 5.79. The van der Waals surface area contributed by atoms with Crippen LogP contribution in [0.15, 0.2) is 42.7 Å². The molecule has 1 aromatic carbocycles. The van der Waals surface area contributed by atoms with E-state index in [2.05, 4.69) is 4.98 Å². The van der Waals surface area contributed by atoms with Crippen molar-refractivity contribution < 1.29 is 9.13 Å². The number of halogens is 1. The van der Waals surface area contributed by atoms with Crippen LogP contribution < -0.4 is 10.5 Å². The van der Waals surface area contributed by atoms with E-state index in [0.717, 1.165) is 11.1 Å². The summed E-state index contributed by atoms with van der Waals surface area (Å²) >= 11 is 0. The summed E-state index contributed by atoms with van der Waals surface area (Å²) in [4.78, 5) is 3.99. The summed E-state index contributed by atoms with van der Waals surface area (Å²) < 4.78 is 18.9. The van der Waals surface area contributed by atoms with Crippen molar-refractivity contribution in [3.05, 3.63) is 59.7 Å². The Bertz CT molecular complexity index is 502. The highest BCUT2D eigenvalue weighted by atomic mass is 19.1. The number of hydrogen-bond donors (Lipinski definition) is 1. The first kappa shape index (κ1) is 12.5. The minimum Gasteiger partial charge on any atom is -0.489 e. The quantitative estimate of drug-likeness (QED) is 0.880. The fourth-order valence-electron chi connectivity index (χ4n) is 1.67. The van der Waals surface area contributed by atoms with E-state index in [1.165, 1.54) is 12.1 Å². The van der Waals surface area contributed by atoms with Gasteiger partial charge in [-0.15, -0.1) is 0 Å². The molecule has 0 radical (unpaired) electrons. The molecule has 0 unspecified atom stereocenters. The molecule has 1 aromatic heterocycles. The number of pyridine rings is 1. The van der Waals surface area contributed by atoms with E-state index in [0.29, 0.717) is 25.3 Å². The maximum absolute atomic E-state index is 13.3. The van der Waals surface area contributed by atoms with E-state index >= 15 is 0 Å². The third-order valence-corrected chi connectivity index (χ3v) is 2.49. The Morgan fingerprint density at radius 2 is 2.11 bits per heavy atom. The van der Waals surface area contributed by atoms with Gasteiger partial charge in [-0.2, -0.15) is 0 Å². The zero-order valence-corrected chi connectivity index (χ0v) is 9.97. The molecule has 2 aromatic rings. The summed E-state index contributed by atoms with van der Waals surface area (Å²) in [6, 6.07) is 8.41. The van der Waals surface area contributed by atoms with Crippen molar-refractivity contribution in [1.29, 1.82) is 0 Å². The topological polar surface area (TPSA) is 48.1 Å². The van der Waals surface area contributed by atoms with Gasteiger partial charge in [-0.25, -0.2) is 4.39 Å². The van der Waals surface area contributed by atoms with Crippen LogP contribution in [-0.4, -0.2) is 11.5 Å². The number of benzene rings is 1. The molecule has 0 amide bonds. The number of hydrogen-bond acceptors (Lipinski definition) is 3. The molecule has 1 heterocycles. The second kappa shape index (κ2) is 6.12. The molecule has 2 rings (SSSR count). The Hall–Kier alpha value is -1.94. The molecule has 0 aliphatic heterocycles. The van der Waals surface area contributed by atoms with Gasteiger partial charge in [0.25, 0.3) is 0 Å². The lowest BCUT2D eigenvalue weighted by Crippen LogP contribution is -2.03. The second-order valence-electron chi connectivity index (χ2n) is 3.98. The molecule has 2 N–H and O–H groups in total. The van der Waals surface area contributed by atoms with Gasteiger partial charge in [0.15, 0.2) is 0 Å². The van der Waals surface area contributed by atoms with Gasteiger partial charge in [0, 0.05) is 24.0 Å². The van der Waals surface area contributed by atoms with Crippen LogP contribution in [-0.2, 0) is 13.0 Å². The molecule has 0 aliphatic rings. The van der Waals surface area contributed by atoms with Gasteiger partial charge in [0.2, 0.25) is 0 Å². The van der Waals surface area contributed by atoms with E-state index in [-0.39, 0.29) is 5.82 Å². The minimum absolute atomic E-state index is 0.304. The highest BCUT2D eigenvalue weighted by Crippen LogP contribution is 2.18. The molecule has 0 atom stereocenters. The predicted octanol–water partition coefficient (Wildman–Crippen LogP) is 2.30. The van der Waals surface area contributed by atoms with E-state index < -0.39 is 0 Å². The van der Waals surface area contributed by atoms with Gasteiger partial charge in [0.05, 0.1) is 0 Å². The second-order valence-corrected chi connectivity index (χ2v) is 3.98. The van der Waals surface area contributed by atoms with E-state index in [4.69, 9.17) is 10.5 Å². The highest BCUT2D eigenvalue weighted by Gasteiger charge is 2.02. The summed E-state index contributed by atoms with van der Waals surface area (Å²) in [5.74, 6) is 0.212. The molecule has 3 nitrogen and oxygen atoms in total. The lowest BCUT2D eigenvalue weighted by Gasteiger charge is -2.08. The van der Waals surface area contributed by atoms with Crippen LogP contribution >= 0.6 is 0 Å². The summed E-state index contributed by atoms with van der Waals surface area (Å²) in [5.41, 5.74) is 7.25. The molecule has 4 heteroatoms. The average Bonchev–Trinajstić information content (AvgIpc) is 2.37. The highest BCUT2D eigenvalue weighted by molar-refractivity contribution is 5.30. The Morgan fingerprint density at radius 3 is 2.83 bits per heavy atom. The Balaban J connectivity index is 2.05. The van der Waals surface area contributed by atoms with Crippen LogP contribution in [0.2, 0.25) is 0 Å². The predicted molar refractivity (Wildman–Crippen MR) is 67.7 cm³/mol. The van der Waals surface area contributed by atoms with Crippen molar-refractivity contribution in [3.63, 3.8) is 0 Å². The molecule has 0 spiro atoms. The van der Waals surface area contributed by atoms with E-state index in [1.807, 2.05) is 18.2 Å². The summed E-state index contributed by atoms with van der Waals surface area (Å²) in [5, 5.41) is 0. The number of nitrogens with zero attached hydrogens (tertiary/aromatic N) is 1. The van der Waals surface area contributed by atoms with Crippen LogP contribution in [0, 0.1) is 5.82 Å². The number of aromatic nitrogens is 1. The van der Waals surface area contributed by atoms with Gasteiger partial charge in [-0.1, -0.05) is 6.07 Å². The van der Waals surface area contributed by atoms with Crippen LogP contribution in [0.5, 0.6) is 5.75 Å². The normalized spacial score (nSPS) is 10.3. The largest absolute Gasteiger partial charge is 0.489 e. The number of ether oxygens (including phenoxy) is 1. The fourth-order valence-corrected chi connectivity index (χ4v) is 1.67. The fraction of sp³-hybridized carbons (Fsp3) is 0.214. The SMILES string of the molecule is NCCc1cc(F)cc(OCc2cccnc2)c1. The van der Waals surface area contributed by atoms with Gasteiger partial charge in [0.1, 0.15) is 18.2 Å². The number of rotatable bonds is 5.